The van der Waals surface area contributed by atoms with Crippen molar-refractivity contribution in [1.29, 1.82) is 0 Å². The molecule has 3 heterocycles. The Labute approximate surface area is 173 Å². The van der Waals surface area contributed by atoms with Crippen LogP contribution in [0.4, 0.5) is 4.39 Å². The van der Waals surface area contributed by atoms with Gasteiger partial charge in [-0.1, -0.05) is 0 Å². The minimum absolute atomic E-state index is 0.0436. The van der Waals surface area contributed by atoms with E-state index in [1.165, 1.54) is 34.1 Å². The van der Waals surface area contributed by atoms with Crippen molar-refractivity contribution in [2.24, 2.45) is 0 Å². The summed E-state index contributed by atoms with van der Waals surface area (Å²) < 4.78 is 24.4. The van der Waals surface area contributed by atoms with Crippen molar-refractivity contribution in [1.82, 2.24) is 4.90 Å². The number of halogens is 1. The summed E-state index contributed by atoms with van der Waals surface area (Å²) in [7, 11) is 0. The first-order chi connectivity index (χ1) is 14.5. The molecule has 0 saturated carbocycles. The summed E-state index contributed by atoms with van der Waals surface area (Å²) >= 11 is 0. The number of aryl methyl sites for hydroxylation is 1. The van der Waals surface area contributed by atoms with Crippen LogP contribution in [-0.2, 0) is 14.3 Å². The summed E-state index contributed by atoms with van der Waals surface area (Å²) in [6.07, 6.45) is 0. The molecule has 1 atom stereocenters. The van der Waals surface area contributed by atoms with E-state index in [1.807, 2.05) is 0 Å². The van der Waals surface area contributed by atoms with Gasteiger partial charge in [0.1, 0.15) is 42.2 Å². The number of morpholine rings is 1. The predicted octanol–water partition coefficient (Wildman–Crippen LogP) is 1.06. The lowest BCUT2D eigenvalue weighted by Gasteiger charge is -2.28. The molecule has 2 fully saturated rings. The van der Waals surface area contributed by atoms with Crippen LogP contribution in [0.25, 0.3) is 5.76 Å². The highest BCUT2D eigenvalue weighted by Gasteiger charge is 2.47. The fraction of sp³-hybridized carbons (Fsp3) is 0.364. The number of rotatable bonds is 5. The summed E-state index contributed by atoms with van der Waals surface area (Å²) in [5, 5.41) is 10.9. The second kappa shape index (κ2) is 8.41. The molecule has 0 bridgehead atoms. The topological polar surface area (TPSA) is 84.4 Å². The average molecular weight is 415 g/mol. The molecule has 2 aromatic rings. The number of nitrogens with zero attached hydrogens (tertiary/aromatic N) is 1. The van der Waals surface area contributed by atoms with Gasteiger partial charge in [-0.25, -0.2) is 4.39 Å². The second-order valence-electron chi connectivity index (χ2n) is 7.56. The standard InChI is InChI=1S/C22H23FN2O5/c1-14-2-7-17(30-14)19-18(20(26)15-3-5-16(23)6-4-15)21(27)22(28)25(19)9-8-24-10-12-29-13-11-24/h2-7,19,26H,8-13H2,1H3/p+1/t19-/m1/s1. The molecule has 1 aromatic heterocycles. The Morgan fingerprint density at radius 3 is 2.50 bits per heavy atom. The van der Waals surface area contributed by atoms with E-state index < -0.39 is 23.5 Å². The third-order valence-corrected chi connectivity index (χ3v) is 5.59. The zero-order chi connectivity index (χ0) is 21.3. The van der Waals surface area contributed by atoms with E-state index in [1.54, 1.807) is 19.1 Å². The number of aliphatic hydroxyl groups excluding tert-OH is 1. The lowest BCUT2D eigenvalue weighted by atomic mass is 9.99. The smallest absolute Gasteiger partial charge is 0.295 e. The Hall–Kier alpha value is -2.97. The minimum atomic E-state index is -0.829. The number of ketones is 1. The summed E-state index contributed by atoms with van der Waals surface area (Å²) in [5.74, 6) is -1.20. The zero-order valence-corrected chi connectivity index (χ0v) is 16.7. The van der Waals surface area contributed by atoms with Crippen molar-refractivity contribution >= 4 is 17.4 Å². The molecular weight excluding hydrogens is 391 g/mol. The van der Waals surface area contributed by atoms with Crippen LogP contribution in [-0.4, -0.2) is 61.1 Å². The van der Waals surface area contributed by atoms with Crippen molar-refractivity contribution in [2.75, 3.05) is 39.4 Å². The van der Waals surface area contributed by atoms with Crippen molar-refractivity contribution in [3.05, 3.63) is 64.9 Å². The van der Waals surface area contributed by atoms with Crippen LogP contribution >= 0.6 is 0 Å². The Balaban J connectivity index is 1.70. The number of hydrogen-bond donors (Lipinski definition) is 2. The molecule has 0 unspecified atom stereocenters. The van der Waals surface area contributed by atoms with Gasteiger partial charge < -0.3 is 24.1 Å². The number of carbonyl (C=O) groups is 2. The molecule has 30 heavy (non-hydrogen) atoms. The largest absolute Gasteiger partial charge is 0.507 e. The van der Waals surface area contributed by atoms with Crippen molar-refractivity contribution in [3.63, 3.8) is 0 Å². The van der Waals surface area contributed by atoms with Crippen molar-refractivity contribution in [2.45, 2.75) is 13.0 Å². The van der Waals surface area contributed by atoms with Crippen LogP contribution < -0.4 is 4.90 Å². The summed E-state index contributed by atoms with van der Waals surface area (Å²) in [4.78, 5) is 28.5. The maximum absolute atomic E-state index is 13.3. The molecule has 4 rings (SSSR count). The molecule has 7 nitrogen and oxygen atoms in total. The summed E-state index contributed by atoms with van der Waals surface area (Å²) in [6, 6.07) is 7.77. The Morgan fingerprint density at radius 2 is 1.87 bits per heavy atom. The highest BCUT2D eigenvalue weighted by molar-refractivity contribution is 6.46. The first-order valence-corrected chi connectivity index (χ1v) is 9.97. The van der Waals surface area contributed by atoms with E-state index in [0.29, 0.717) is 37.8 Å². The number of quaternary nitrogens is 1. The SMILES string of the molecule is Cc1ccc([C@@H]2C(=C(O)c3ccc(F)cc3)C(=O)C(=O)N2CC[NH+]2CCOCC2)o1. The molecule has 0 aliphatic carbocycles. The Kier molecular flexibility index (Phi) is 5.69. The van der Waals surface area contributed by atoms with Gasteiger partial charge in [-0.2, -0.15) is 0 Å². The van der Waals surface area contributed by atoms with Gasteiger partial charge in [0.25, 0.3) is 11.7 Å². The third-order valence-electron chi connectivity index (χ3n) is 5.59. The average Bonchev–Trinajstić information content (AvgIpc) is 3.28. The van der Waals surface area contributed by atoms with E-state index in [9.17, 15) is 19.1 Å². The summed E-state index contributed by atoms with van der Waals surface area (Å²) in [6.45, 7) is 5.77. The number of hydrogen-bond acceptors (Lipinski definition) is 5. The molecule has 1 aromatic carbocycles. The number of Topliss-reactive ketones (excluding diaryl/α,β-unsaturated/α-hetero) is 1. The molecule has 2 N–H and O–H groups in total. The lowest BCUT2D eigenvalue weighted by Crippen LogP contribution is -3.14. The monoisotopic (exact) mass is 415 g/mol. The number of carbonyl (C=O) groups excluding carboxylic acids is 2. The predicted molar refractivity (Wildman–Crippen MR) is 105 cm³/mol. The normalized spacial score (nSPS) is 22.1. The summed E-state index contributed by atoms with van der Waals surface area (Å²) in [5.41, 5.74) is 0.222. The highest BCUT2D eigenvalue weighted by atomic mass is 19.1. The molecule has 0 spiro atoms. The number of amides is 1. The van der Waals surface area contributed by atoms with E-state index in [-0.39, 0.29) is 16.9 Å². The number of ether oxygens (including phenoxy) is 1. The van der Waals surface area contributed by atoms with Crippen molar-refractivity contribution < 1.29 is 33.1 Å². The second-order valence-corrected chi connectivity index (χ2v) is 7.56. The van der Waals surface area contributed by atoms with Crippen LogP contribution in [0.15, 0.2) is 46.4 Å². The number of nitrogens with one attached hydrogen (secondary N) is 1. The quantitative estimate of drug-likeness (QED) is 0.434. The van der Waals surface area contributed by atoms with Gasteiger partial charge in [-0.05, 0) is 43.3 Å². The van der Waals surface area contributed by atoms with Crippen LogP contribution in [0.5, 0.6) is 0 Å². The van der Waals surface area contributed by atoms with Crippen LogP contribution in [0.2, 0.25) is 0 Å². The molecule has 1 amide bonds. The fourth-order valence-electron chi connectivity index (χ4n) is 3.96. The van der Waals surface area contributed by atoms with E-state index in [0.717, 1.165) is 13.1 Å². The maximum Gasteiger partial charge on any atom is 0.295 e. The third kappa shape index (κ3) is 3.88. The Bertz CT molecular complexity index is 976. The first-order valence-electron chi connectivity index (χ1n) is 9.97. The molecule has 8 heteroatoms. The number of benzene rings is 1. The molecule has 0 radical (unpaired) electrons. The van der Waals surface area contributed by atoms with Gasteiger partial charge in [0.15, 0.2) is 0 Å². The van der Waals surface area contributed by atoms with Gasteiger partial charge in [0.2, 0.25) is 0 Å². The Morgan fingerprint density at radius 1 is 1.17 bits per heavy atom. The van der Waals surface area contributed by atoms with E-state index >= 15 is 0 Å². The molecule has 2 aliphatic rings. The van der Waals surface area contributed by atoms with Gasteiger partial charge >= 0.3 is 0 Å². The number of likely N-dealkylation sites (tertiary alicyclic amines) is 1. The molecule has 158 valence electrons. The van der Waals surface area contributed by atoms with Crippen LogP contribution in [0, 0.1) is 12.7 Å². The van der Waals surface area contributed by atoms with Gasteiger partial charge in [0, 0.05) is 5.56 Å². The maximum atomic E-state index is 13.3. The van der Waals surface area contributed by atoms with Crippen molar-refractivity contribution in [3.8, 4) is 0 Å². The molecular formula is C22H24FN2O5+. The van der Waals surface area contributed by atoms with Crippen LogP contribution in [0.1, 0.15) is 23.1 Å². The zero-order valence-electron chi connectivity index (χ0n) is 16.7. The van der Waals surface area contributed by atoms with E-state index in [2.05, 4.69) is 0 Å². The lowest BCUT2D eigenvalue weighted by molar-refractivity contribution is -0.907. The molecule has 2 saturated heterocycles. The van der Waals surface area contributed by atoms with Gasteiger partial charge in [0.05, 0.1) is 31.9 Å². The highest BCUT2D eigenvalue weighted by Crippen LogP contribution is 2.39. The number of aliphatic hydroxyl groups is 1. The fourth-order valence-corrected chi connectivity index (χ4v) is 3.96. The first kappa shape index (κ1) is 20.3. The number of furan rings is 1. The van der Waals surface area contributed by atoms with E-state index in [4.69, 9.17) is 9.15 Å². The van der Waals surface area contributed by atoms with Crippen LogP contribution in [0.3, 0.4) is 0 Å². The van der Waals surface area contributed by atoms with Gasteiger partial charge in [-0.15, -0.1) is 0 Å². The molecule has 2 aliphatic heterocycles. The van der Waals surface area contributed by atoms with Gasteiger partial charge in [-0.3, -0.25) is 9.59 Å². The minimum Gasteiger partial charge on any atom is -0.507 e.